The predicted molar refractivity (Wildman–Crippen MR) is 81.8 cm³/mol. The molecule has 2 nitrogen and oxygen atoms in total. The maximum absolute atomic E-state index is 6.07. The zero-order valence-corrected chi connectivity index (χ0v) is 12.6. The van der Waals surface area contributed by atoms with E-state index in [2.05, 4.69) is 27.0 Å². The van der Waals surface area contributed by atoms with Crippen molar-refractivity contribution < 1.29 is 4.42 Å². The van der Waals surface area contributed by atoms with E-state index in [0.29, 0.717) is 5.89 Å². The molecule has 0 bridgehead atoms. The molecule has 0 spiro atoms. The van der Waals surface area contributed by atoms with Crippen LogP contribution in [0.25, 0.3) is 22.2 Å². The van der Waals surface area contributed by atoms with Gasteiger partial charge in [-0.3, -0.25) is 0 Å². The predicted octanol–water partition coefficient (Wildman–Crippen LogP) is 5.35. The summed E-state index contributed by atoms with van der Waals surface area (Å²) in [6.45, 7) is 1.86. The maximum Gasteiger partial charge on any atom is 0.192 e. The van der Waals surface area contributed by atoms with Crippen molar-refractivity contribution in [1.82, 2.24) is 4.98 Å². The Morgan fingerprint density at radius 2 is 2.11 bits per heavy atom. The molecule has 0 atom stereocenters. The molecular weight excluding hydrogens is 326 g/mol. The molecule has 0 saturated carbocycles. The third-order valence-corrected chi connectivity index (χ3v) is 3.83. The summed E-state index contributed by atoms with van der Waals surface area (Å²) in [5.74, 6) is 0.671. The average molecular weight is 337 g/mol. The highest BCUT2D eigenvalue weighted by Gasteiger charge is 2.11. The Kier molecular flexibility index (Phi) is 3.33. The Labute approximate surface area is 124 Å². The molecule has 1 heterocycles. The van der Waals surface area contributed by atoms with Gasteiger partial charge in [-0.15, -0.1) is 0 Å². The van der Waals surface area contributed by atoms with E-state index in [1.54, 1.807) is 0 Å². The summed E-state index contributed by atoms with van der Waals surface area (Å²) in [6, 6.07) is 11.9. The molecule has 3 rings (SSSR count). The van der Waals surface area contributed by atoms with Gasteiger partial charge >= 0.3 is 0 Å². The minimum Gasteiger partial charge on any atom is -0.441 e. The summed E-state index contributed by atoms with van der Waals surface area (Å²) in [6.07, 6.45) is 0. The van der Waals surface area contributed by atoms with Gasteiger partial charge in [0.05, 0.1) is 0 Å². The van der Waals surface area contributed by atoms with Crippen LogP contribution in [0, 0.1) is 6.92 Å². The molecule has 2 aromatic carbocycles. The number of rotatable bonds is 2. The lowest BCUT2D eigenvalue weighted by molar-refractivity contribution is 0.561. The summed E-state index contributed by atoms with van der Waals surface area (Å²) < 4.78 is 5.64. The largest absolute Gasteiger partial charge is 0.441 e. The number of aromatic nitrogens is 1. The number of hydrogen-bond acceptors (Lipinski definition) is 2. The number of halogens is 2. The van der Waals surface area contributed by atoms with Crippen molar-refractivity contribution >= 4 is 38.6 Å². The standard InChI is InChI=1S/C15H11BrClNO/c1-9-18-15-13(11-3-2-4-12(17)7-11)5-10(8-16)6-14(15)19-9/h2-7H,8H2,1H3. The number of benzene rings is 2. The number of nitrogens with zero attached hydrogens (tertiary/aromatic N) is 1. The number of alkyl halides is 1. The fourth-order valence-electron chi connectivity index (χ4n) is 2.15. The Morgan fingerprint density at radius 1 is 1.26 bits per heavy atom. The van der Waals surface area contributed by atoms with Crippen molar-refractivity contribution in [3.63, 3.8) is 0 Å². The Morgan fingerprint density at radius 3 is 2.84 bits per heavy atom. The molecule has 0 aliphatic heterocycles. The van der Waals surface area contributed by atoms with E-state index in [1.807, 2.05) is 37.3 Å². The average Bonchev–Trinajstić information content (AvgIpc) is 2.77. The number of aryl methyl sites for hydroxylation is 1. The first-order valence-corrected chi connectivity index (χ1v) is 7.39. The fraction of sp³-hybridized carbons (Fsp3) is 0.133. The van der Waals surface area contributed by atoms with Crippen LogP contribution in [0.2, 0.25) is 5.02 Å². The first-order valence-electron chi connectivity index (χ1n) is 5.89. The molecule has 3 aromatic rings. The van der Waals surface area contributed by atoms with Crippen LogP contribution in [0.5, 0.6) is 0 Å². The van der Waals surface area contributed by atoms with E-state index in [9.17, 15) is 0 Å². The van der Waals surface area contributed by atoms with Crippen LogP contribution in [0.1, 0.15) is 11.5 Å². The molecule has 96 valence electrons. The second-order valence-corrected chi connectivity index (χ2v) is 5.36. The zero-order chi connectivity index (χ0) is 13.4. The molecule has 4 heteroatoms. The quantitative estimate of drug-likeness (QED) is 0.589. The summed E-state index contributed by atoms with van der Waals surface area (Å²) in [4.78, 5) is 4.47. The minimum absolute atomic E-state index is 0.671. The van der Waals surface area contributed by atoms with Gasteiger partial charge < -0.3 is 4.42 Å². The van der Waals surface area contributed by atoms with Crippen LogP contribution < -0.4 is 0 Å². The summed E-state index contributed by atoms with van der Waals surface area (Å²) in [7, 11) is 0. The topological polar surface area (TPSA) is 26.0 Å². The van der Waals surface area contributed by atoms with Crippen molar-refractivity contribution in [1.29, 1.82) is 0 Å². The van der Waals surface area contributed by atoms with Gasteiger partial charge in [0, 0.05) is 22.8 Å². The minimum atomic E-state index is 0.671. The highest BCUT2D eigenvalue weighted by Crippen LogP contribution is 2.32. The normalized spacial score (nSPS) is 11.1. The van der Waals surface area contributed by atoms with Crippen LogP contribution >= 0.6 is 27.5 Å². The third-order valence-electron chi connectivity index (χ3n) is 2.95. The molecule has 0 fully saturated rings. The molecule has 0 amide bonds. The van der Waals surface area contributed by atoms with Crippen molar-refractivity contribution in [2.75, 3.05) is 0 Å². The number of fused-ring (bicyclic) bond motifs is 1. The Hall–Kier alpha value is -1.32. The first kappa shape index (κ1) is 12.7. The highest BCUT2D eigenvalue weighted by atomic mass is 79.9. The SMILES string of the molecule is Cc1nc2c(-c3cccc(Cl)c3)cc(CBr)cc2o1. The van der Waals surface area contributed by atoms with E-state index in [1.165, 1.54) is 0 Å². The van der Waals surface area contributed by atoms with Gasteiger partial charge in [-0.1, -0.05) is 39.7 Å². The van der Waals surface area contributed by atoms with Crippen molar-refractivity contribution in [2.45, 2.75) is 12.3 Å². The van der Waals surface area contributed by atoms with E-state index < -0.39 is 0 Å². The van der Waals surface area contributed by atoms with Crippen LogP contribution in [0.4, 0.5) is 0 Å². The maximum atomic E-state index is 6.07. The van der Waals surface area contributed by atoms with Gasteiger partial charge in [0.15, 0.2) is 11.5 Å². The van der Waals surface area contributed by atoms with Crippen molar-refractivity contribution in [2.24, 2.45) is 0 Å². The zero-order valence-electron chi connectivity index (χ0n) is 10.3. The van der Waals surface area contributed by atoms with Crippen LogP contribution in [-0.4, -0.2) is 4.98 Å². The molecule has 1 aromatic heterocycles. The van der Waals surface area contributed by atoms with Crippen LogP contribution in [0.3, 0.4) is 0 Å². The first-order chi connectivity index (χ1) is 9.17. The molecule has 0 aliphatic carbocycles. The van der Waals surface area contributed by atoms with E-state index in [4.69, 9.17) is 16.0 Å². The molecule has 0 unspecified atom stereocenters. The molecule has 19 heavy (non-hydrogen) atoms. The lowest BCUT2D eigenvalue weighted by atomic mass is 10.0. The van der Waals surface area contributed by atoms with Gasteiger partial charge in [-0.2, -0.15) is 0 Å². The smallest absolute Gasteiger partial charge is 0.192 e. The molecule has 0 radical (unpaired) electrons. The third kappa shape index (κ3) is 2.40. The number of oxazole rings is 1. The molecular formula is C15H11BrClNO. The second kappa shape index (κ2) is 4.99. The van der Waals surface area contributed by atoms with E-state index in [0.717, 1.165) is 38.1 Å². The fourth-order valence-corrected chi connectivity index (χ4v) is 2.66. The second-order valence-electron chi connectivity index (χ2n) is 4.37. The van der Waals surface area contributed by atoms with Crippen LogP contribution in [-0.2, 0) is 5.33 Å². The van der Waals surface area contributed by atoms with Gasteiger partial charge in [-0.05, 0) is 35.4 Å². The molecule has 0 aliphatic rings. The van der Waals surface area contributed by atoms with Crippen LogP contribution in [0.15, 0.2) is 40.8 Å². The van der Waals surface area contributed by atoms with Gasteiger partial charge in [-0.25, -0.2) is 4.98 Å². The summed E-state index contributed by atoms with van der Waals surface area (Å²) in [5, 5.41) is 1.49. The Balaban J connectivity index is 2.32. The monoisotopic (exact) mass is 335 g/mol. The summed E-state index contributed by atoms with van der Waals surface area (Å²) in [5.41, 5.74) is 4.94. The van der Waals surface area contributed by atoms with Crippen molar-refractivity contribution in [3.05, 3.63) is 52.9 Å². The van der Waals surface area contributed by atoms with E-state index in [-0.39, 0.29) is 0 Å². The van der Waals surface area contributed by atoms with Gasteiger partial charge in [0.2, 0.25) is 0 Å². The lowest BCUT2D eigenvalue weighted by Gasteiger charge is -2.05. The number of hydrogen-bond donors (Lipinski definition) is 0. The lowest BCUT2D eigenvalue weighted by Crippen LogP contribution is -1.85. The van der Waals surface area contributed by atoms with Gasteiger partial charge in [0.25, 0.3) is 0 Å². The Bertz CT molecular complexity index is 751. The van der Waals surface area contributed by atoms with Gasteiger partial charge in [0.1, 0.15) is 5.52 Å². The summed E-state index contributed by atoms with van der Waals surface area (Å²) >= 11 is 9.55. The van der Waals surface area contributed by atoms with E-state index >= 15 is 0 Å². The molecule has 0 N–H and O–H groups in total. The molecule has 0 saturated heterocycles. The van der Waals surface area contributed by atoms with Crippen molar-refractivity contribution in [3.8, 4) is 11.1 Å². The highest BCUT2D eigenvalue weighted by molar-refractivity contribution is 9.08.